The van der Waals surface area contributed by atoms with Crippen molar-refractivity contribution in [3.05, 3.63) is 23.5 Å². The number of aromatic nitrogens is 3. The van der Waals surface area contributed by atoms with Crippen molar-refractivity contribution in [1.29, 1.82) is 0 Å². The number of carbonyl (C=O) groups excluding carboxylic acids is 1. The third-order valence-electron chi connectivity index (χ3n) is 4.76. The van der Waals surface area contributed by atoms with E-state index < -0.39 is 11.5 Å². The van der Waals surface area contributed by atoms with E-state index in [0.29, 0.717) is 41.7 Å². The number of hydrogen-bond donors (Lipinski definition) is 1. The zero-order valence-electron chi connectivity index (χ0n) is 14.4. The summed E-state index contributed by atoms with van der Waals surface area (Å²) in [4.78, 5) is 30.8. The average molecular weight is 330 g/mol. The first kappa shape index (κ1) is 16.4. The maximum atomic E-state index is 13.1. The lowest BCUT2D eigenvalue weighted by Crippen LogP contribution is -2.50. The van der Waals surface area contributed by atoms with Crippen LogP contribution in [0.25, 0.3) is 11.0 Å². The van der Waals surface area contributed by atoms with Crippen LogP contribution in [0.3, 0.4) is 0 Å². The standard InChI is InChI=1S/C17H22N4O3/c1-10(2)21-14-13(9-18-21)12(8-11(3)19-14)15(22)20-7-5-6-17(20,4)16(23)24/h8-10H,5-7H2,1-4H3,(H,23,24). The molecule has 1 unspecified atom stereocenters. The summed E-state index contributed by atoms with van der Waals surface area (Å²) in [6, 6.07) is 1.84. The molecule has 1 saturated heterocycles. The largest absolute Gasteiger partial charge is 0.480 e. The van der Waals surface area contributed by atoms with E-state index in [0.717, 1.165) is 0 Å². The number of carboxylic acid groups (broad SMARTS) is 1. The van der Waals surface area contributed by atoms with Gasteiger partial charge in [-0.1, -0.05) is 0 Å². The molecule has 24 heavy (non-hydrogen) atoms. The number of carbonyl (C=O) groups is 2. The molecule has 7 heteroatoms. The number of fused-ring (bicyclic) bond motifs is 1. The van der Waals surface area contributed by atoms with Gasteiger partial charge in [0.25, 0.3) is 5.91 Å². The van der Waals surface area contributed by atoms with Crippen molar-refractivity contribution < 1.29 is 14.7 Å². The Morgan fingerprint density at radius 3 is 2.71 bits per heavy atom. The Balaban J connectivity index is 2.12. The summed E-state index contributed by atoms with van der Waals surface area (Å²) in [6.07, 6.45) is 2.79. The molecule has 1 aliphatic rings. The van der Waals surface area contributed by atoms with Crippen LogP contribution in [0.4, 0.5) is 0 Å². The Bertz CT molecular complexity index is 827. The minimum atomic E-state index is -1.16. The molecule has 0 spiro atoms. The first-order chi connectivity index (χ1) is 11.3. The molecule has 1 N–H and O–H groups in total. The van der Waals surface area contributed by atoms with E-state index in [-0.39, 0.29) is 11.9 Å². The molecule has 2 aromatic rings. The van der Waals surface area contributed by atoms with Gasteiger partial charge in [0.2, 0.25) is 0 Å². The van der Waals surface area contributed by atoms with Crippen molar-refractivity contribution in [1.82, 2.24) is 19.7 Å². The highest BCUT2D eigenvalue weighted by atomic mass is 16.4. The van der Waals surface area contributed by atoms with E-state index in [2.05, 4.69) is 10.1 Å². The monoisotopic (exact) mass is 330 g/mol. The number of aryl methyl sites for hydroxylation is 1. The molecule has 1 fully saturated rings. The van der Waals surface area contributed by atoms with E-state index in [4.69, 9.17) is 0 Å². The molecule has 0 aliphatic carbocycles. The Morgan fingerprint density at radius 2 is 2.08 bits per heavy atom. The zero-order valence-corrected chi connectivity index (χ0v) is 14.4. The second kappa shape index (κ2) is 5.58. The van der Waals surface area contributed by atoms with E-state index >= 15 is 0 Å². The third kappa shape index (κ3) is 2.35. The van der Waals surface area contributed by atoms with E-state index in [1.54, 1.807) is 23.9 Å². The number of carboxylic acids is 1. The lowest BCUT2D eigenvalue weighted by Gasteiger charge is -2.31. The summed E-state index contributed by atoms with van der Waals surface area (Å²) in [6.45, 7) is 7.89. The van der Waals surface area contributed by atoms with Crippen LogP contribution in [-0.2, 0) is 4.79 Å². The van der Waals surface area contributed by atoms with Crippen molar-refractivity contribution in [2.75, 3.05) is 6.54 Å². The van der Waals surface area contributed by atoms with Crippen LogP contribution in [0, 0.1) is 6.92 Å². The fourth-order valence-corrected chi connectivity index (χ4v) is 3.35. The number of pyridine rings is 1. The van der Waals surface area contributed by atoms with Gasteiger partial charge in [0.05, 0.1) is 17.1 Å². The minimum Gasteiger partial charge on any atom is -0.480 e. The van der Waals surface area contributed by atoms with Gasteiger partial charge in [-0.2, -0.15) is 5.10 Å². The van der Waals surface area contributed by atoms with Gasteiger partial charge in [-0.05, 0) is 46.6 Å². The quantitative estimate of drug-likeness (QED) is 0.933. The average Bonchev–Trinajstić information content (AvgIpc) is 3.10. The van der Waals surface area contributed by atoms with Crippen LogP contribution in [0.15, 0.2) is 12.3 Å². The molecule has 128 valence electrons. The lowest BCUT2D eigenvalue weighted by molar-refractivity contribution is -0.147. The number of amides is 1. The van der Waals surface area contributed by atoms with Gasteiger partial charge in [-0.3, -0.25) is 4.79 Å². The molecule has 2 aromatic heterocycles. The number of nitrogens with zero attached hydrogens (tertiary/aromatic N) is 4. The van der Waals surface area contributed by atoms with Gasteiger partial charge in [0.15, 0.2) is 5.65 Å². The van der Waals surface area contributed by atoms with Crippen LogP contribution in [-0.4, -0.2) is 48.7 Å². The molecule has 7 nitrogen and oxygen atoms in total. The fourth-order valence-electron chi connectivity index (χ4n) is 3.35. The molecule has 1 aliphatic heterocycles. The Kier molecular flexibility index (Phi) is 3.81. The van der Waals surface area contributed by atoms with Crippen molar-refractivity contribution in [2.45, 2.75) is 52.1 Å². The highest BCUT2D eigenvalue weighted by Gasteiger charge is 2.46. The first-order valence-corrected chi connectivity index (χ1v) is 8.16. The number of likely N-dealkylation sites (tertiary alicyclic amines) is 1. The Morgan fingerprint density at radius 1 is 1.38 bits per heavy atom. The molecule has 3 rings (SSSR count). The van der Waals surface area contributed by atoms with Gasteiger partial charge in [-0.15, -0.1) is 0 Å². The molecule has 3 heterocycles. The predicted molar refractivity (Wildman–Crippen MR) is 89.0 cm³/mol. The predicted octanol–water partition coefficient (Wildman–Crippen LogP) is 2.40. The lowest BCUT2D eigenvalue weighted by atomic mass is 9.98. The molecule has 0 aromatic carbocycles. The van der Waals surface area contributed by atoms with Crippen molar-refractivity contribution in [3.8, 4) is 0 Å². The zero-order chi connectivity index (χ0) is 17.6. The maximum absolute atomic E-state index is 13.1. The molecular weight excluding hydrogens is 308 g/mol. The Hall–Kier alpha value is -2.44. The summed E-state index contributed by atoms with van der Waals surface area (Å²) in [7, 11) is 0. The van der Waals surface area contributed by atoms with Crippen LogP contribution in [0.2, 0.25) is 0 Å². The highest BCUT2D eigenvalue weighted by molar-refractivity contribution is 6.07. The number of rotatable bonds is 3. The number of aliphatic carboxylic acids is 1. The first-order valence-electron chi connectivity index (χ1n) is 8.16. The summed E-state index contributed by atoms with van der Waals surface area (Å²) in [5.74, 6) is -1.23. The van der Waals surface area contributed by atoms with Gasteiger partial charge in [0, 0.05) is 18.3 Å². The van der Waals surface area contributed by atoms with Crippen molar-refractivity contribution >= 4 is 22.9 Å². The SMILES string of the molecule is Cc1cc(C(=O)N2CCCC2(C)C(=O)O)c2cnn(C(C)C)c2n1. The topological polar surface area (TPSA) is 88.3 Å². The molecule has 1 amide bonds. The maximum Gasteiger partial charge on any atom is 0.329 e. The third-order valence-corrected chi connectivity index (χ3v) is 4.76. The van der Waals surface area contributed by atoms with Gasteiger partial charge in [-0.25, -0.2) is 14.5 Å². The summed E-state index contributed by atoms with van der Waals surface area (Å²) in [5, 5.41) is 14.6. The molecule has 0 radical (unpaired) electrons. The second-order valence-corrected chi connectivity index (χ2v) is 6.87. The van der Waals surface area contributed by atoms with Crippen LogP contribution >= 0.6 is 0 Å². The van der Waals surface area contributed by atoms with Crippen LogP contribution in [0.1, 0.15) is 55.7 Å². The highest BCUT2D eigenvalue weighted by Crippen LogP contribution is 2.32. The summed E-state index contributed by atoms with van der Waals surface area (Å²) < 4.78 is 1.78. The molecule has 1 atom stereocenters. The number of hydrogen-bond acceptors (Lipinski definition) is 4. The smallest absolute Gasteiger partial charge is 0.329 e. The van der Waals surface area contributed by atoms with Gasteiger partial charge >= 0.3 is 5.97 Å². The van der Waals surface area contributed by atoms with Crippen LogP contribution in [0.5, 0.6) is 0 Å². The molecule has 0 bridgehead atoms. The van der Waals surface area contributed by atoms with Crippen molar-refractivity contribution in [2.24, 2.45) is 0 Å². The Labute approximate surface area is 140 Å². The summed E-state index contributed by atoms with van der Waals surface area (Å²) in [5.41, 5.74) is 0.682. The second-order valence-electron chi connectivity index (χ2n) is 6.87. The normalized spacial score (nSPS) is 21.0. The molecular formula is C17H22N4O3. The van der Waals surface area contributed by atoms with E-state index in [9.17, 15) is 14.7 Å². The van der Waals surface area contributed by atoms with Gasteiger partial charge < -0.3 is 10.0 Å². The van der Waals surface area contributed by atoms with Crippen molar-refractivity contribution in [3.63, 3.8) is 0 Å². The van der Waals surface area contributed by atoms with Crippen LogP contribution < -0.4 is 0 Å². The fraction of sp³-hybridized carbons (Fsp3) is 0.529. The minimum absolute atomic E-state index is 0.121. The van der Waals surface area contributed by atoms with Gasteiger partial charge in [0.1, 0.15) is 5.54 Å². The van der Waals surface area contributed by atoms with E-state index in [1.165, 1.54) is 4.90 Å². The molecule has 0 saturated carbocycles. The summed E-state index contributed by atoms with van der Waals surface area (Å²) >= 11 is 0. The van der Waals surface area contributed by atoms with E-state index in [1.807, 2.05) is 20.8 Å².